The molecule has 0 N–H and O–H groups in total. The molecule has 0 aliphatic carbocycles. The van der Waals surface area contributed by atoms with Crippen molar-refractivity contribution in [2.45, 2.75) is 0 Å². The minimum atomic E-state index is -0.583. The molecule has 0 aromatic heterocycles. The Morgan fingerprint density at radius 1 is 1.17 bits per heavy atom. The molecule has 0 saturated carbocycles. The fraction of sp³-hybridized carbons (Fsp3) is 0.118. The normalized spacial score (nSPS) is 12.4. The first-order chi connectivity index (χ1) is 11.2. The molecule has 0 bridgehead atoms. The monoisotopic (exact) mass is 316 g/mol. The van der Waals surface area contributed by atoms with E-state index in [0.717, 1.165) is 0 Å². The smallest absolute Gasteiger partial charge is 0.336 e. The van der Waals surface area contributed by atoms with Gasteiger partial charge in [-0.1, -0.05) is 6.07 Å². The molecule has 6 heteroatoms. The van der Waals surface area contributed by atoms with Gasteiger partial charge in [-0.05, 0) is 35.9 Å². The third-order valence-corrected chi connectivity index (χ3v) is 3.15. The molecule has 0 saturated heterocycles. The van der Waals surface area contributed by atoms with Gasteiger partial charge in [-0.15, -0.1) is 0 Å². The highest BCUT2D eigenvalue weighted by Crippen LogP contribution is 2.35. The summed E-state index contributed by atoms with van der Waals surface area (Å²) in [7, 11) is 1.39. The van der Waals surface area contributed by atoms with Crippen LogP contribution in [-0.2, 0) is 4.79 Å². The van der Waals surface area contributed by atoms with Crippen molar-refractivity contribution in [2.75, 3.05) is 13.9 Å². The lowest BCUT2D eigenvalue weighted by Crippen LogP contribution is -2.03. The van der Waals surface area contributed by atoms with Crippen LogP contribution in [0.3, 0.4) is 0 Å². The Kier molecular flexibility index (Phi) is 4.14. The Hall–Kier alpha value is -3.02. The molecule has 2 aromatic rings. The van der Waals surface area contributed by atoms with Gasteiger partial charge in [-0.2, -0.15) is 0 Å². The molecule has 3 rings (SSSR count). The third-order valence-electron chi connectivity index (χ3n) is 3.15. The van der Waals surface area contributed by atoms with Gasteiger partial charge in [0.1, 0.15) is 5.75 Å². The summed E-state index contributed by atoms with van der Waals surface area (Å²) in [4.78, 5) is 11.8. The fourth-order valence-electron chi connectivity index (χ4n) is 2.04. The predicted octanol–water partition coefficient (Wildman–Crippen LogP) is 3.18. The number of carbonyl (C=O) groups is 1. The summed E-state index contributed by atoms with van der Waals surface area (Å²) >= 11 is 0. The second-order valence-corrected chi connectivity index (χ2v) is 4.66. The molecule has 118 valence electrons. The highest BCUT2D eigenvalue weighted by Gasteiger charge is 2.14. The highest BCUT2D eigenvalue weighted by atomic mass is 19.1. The second kappa shape index (κ2) is 6.39. The van der Waals surface area contributed by atoms with E-state index in [0.29, 0.717) is 22.8 Å². The highest BCUT2D eigenvalue weighted by molar-refractivity contribution is 5.88. The van der Waals surface area contributed by atoms with Crippen LogP contribution in [0.1, 0.15) is 5.56 Å². The molecule has 0 fully saturated rings. The molecular formula is C17H13FO5. The van der Waals surface area contributed by atoms with Crippen molar-refractivity contribution >= 4 is 12.0 Å². The van der Waals surface area contributed by atoms with Gasteiger partial charge >= 0.3 is 5.97 Å². The maximum Gasteiger partial charge on any atom is 0.336 e. The Balaban J connectivity index is 1.66. The van der Waals surface area contributed by atoms with E-state index in [4.69, 9.17) is 18.9 Å². The van der Waals surface area contributed by atoms with Crippen molar-refractivity contribution < 1.29 is 28.1 Å². The number of benzene rings is 2. The van der Waals surface area contributed by atoms with E-state index in [1.54, 1.807) is 24.3 Å². The number of hydrogen-bond acceptors (Lipinski definition) is 5. The van der Waals surface area contributed by atoms with Crippen LogP contribution in [0.25, 0.3) is 6.08 Å². The topological polar surface area (TPSA) is 54.0 Å². The number of hydrogen-bond donors (Lipinski definition) is 0. The number of fused-ring (bicyclic) bond motifs is 1. The lowest BCUT2D eigenvalue weighted by Gasteiger charge is -2.03. The predicted molar refractivity (Wildman–Crippen MR) is 80.2 cm³/mol. The van der Waals surface area contributed by atoms with Crippen LogP contribution in [0.4, 0.5) is 4.39 Å². The molecule has 0 amide bonds. The average Bonchev–Trinajstić information content (AvgIpc) is 3.01. The minimum absolute atomic E-state index is 0.144. The van der Waals surface area contributed by atoms with E-state index < -0.39 is 11.8 Å². The standard InChI is InChI=1S/C17H13FO5/c1-20-14-5-2-11(8-13(14)18)3-7-17(19)23-12-4-6-15-16(9-12)22-10-21-15/h2-9H,10H2,1H3/b7-3+. The van der Waals surface area contributed by atoms with Crippen LogP contribution in [0.2, 0.25) is 0 Å². The van der Waals surface area contributed by atoms with Gasteiger partial charge in [0.05, 0.1) is 7.11 Å². The molecule has 0 unspecified atom stereocenters. The second-order valence-electron chi connectivity index (χ2n) is 4.66. The number of rotatable bonds is 4. The first-order valence-electron chi connectivity index (χ1n) is 6.79. The number of halogens is 1. The van der Waals surface area contributed by atoms with Gasteiger partial charge in [0.15, 0.2) is 23.1 Å². The molecule has 0 radical (unpaired) electrons. The van der Waals surface area contributed by atoms with Crippen molar-refractivity contribution in [3.63, 3.8) is 0 Å². The molecular weight excluding hydrogens is 303 g/mol. The van der Waals surface area contributed by atoms with E-state index in [-0.39, 0.29) is 12.5 Å². The number of esters is 1. The summed E-state index contributed by atoms with van der Waals surface area (Å²) in [6.07, 6.45) is 2.67. The molecule has 1 aliphatic heterocycles. The van der Waals surface area contributed by atoms with E-state index in [1.807, 2.05) is 0 Å². The fourth-order valence-corrected chi connectivity index (χ4v) is 2.04. The van der Waals surface area contributed by atoms with E-state index in [1.165, 1.54) is 31.4 Å². The van der Waals surface area contributed by atoms with Gasteiger partial charge < -0.3 is 18.9 Å². The zero-order valence-corrected chi connectivity index (χ0v) is 12.2. The summed E-state index contributed by atoms with van der Waals surface area (Å²) in [5.41, 5.74) is 0.519. The molecule has 2 aromatic carbocycles. The van der Waals surface area contributed by atoms with Gasteiger partial charge in [0, 0.05) is 12.1 Å². The lowest BCUT2D eigenvalue weighted by atomic mass is 10.2. The van der Waals surface area contributed by atoms with Crippen LogP contribution in [-0.4, -0.2) is 19.9 Å². The van der Waals surface area contributed by atoms with Crippen LogP contribution in [0.15, 0.2) is 42.5 Å². The van der Waals surface area contributed by atoms with Crippen LogP contribution >= 0.6 is 0 Å². The van der Waals surface area contributed by atoms with Crippen molar-refractivity contribution in [1.29, 1.82) is 0 Å². The van der Waals surface area contributed by atoms with Gasteiger partial charge in [0.2, 0.25) is 6.79 Å². The summed E-state index contributed by atoms with van der Waals surface area (Å²) in [5, 5.41) is 0. The maximum atomic E-state index is 13.5. The lowest BCUT2D eigenvalue weighted by molar-refractivity contribution is -0.128. The summed E-state index contributed by atoms with van der Waals surface area (Å²) in [6.45, 7) is 0.148. The molecule has 1 aliphatic rings. The summed E-state index contributed by atoms with van der Waals surface area (Å²) < 4.78 is 33.9. The number of carbonyl (C=O) groups excluding carboxylic acids is 1. The third kappa shape index (κ3) is 3.42. The summed E-state index contributed by atoms with van der Waals surface area (Å²) in [5.74, 6) is 0.527. The van der Waals surface area contributed by atoms with Crippen molar-refractivity contribution in [1.82, 2.24) is 0 Å². The SMILES string of the molecule is COc1ccc(/C=C/C(=O)Oc2ccc3c(c2)OCO3)cc1F. The Labute approximate surface area is 131 Å². The first-order valence-corrected chi connectivity index (χ1v) is 6.79. The zero-order chi connectivity index (χ0) is 16.2. The van der Waals surface area contributed by atoms with Crippen molar-refractivity contribution in [2.24, 2.45) is 0 Å². The largest absolute Gasteiger partial charge is 0.494 e. The number of ether oxygens (including phenoxy) is 4. The molecule has 23 heavy (non-hydrogen) atoms. The van der Waals surface area contributed by atoms with Crippen LogP contribution < -0.4 is 18.9 Å². The Morgan fingerprint density at radius 3 is 2.78 bits per heavy atom. The van der Waals surface area contributed by atoms with Crippen molar-refractivity contribution in [3.8, 4) is 23.0 Å². The van der Waals surface area contributed by atoms with Gasteiger partial charge in [0.25, 0.3) is 0 Å². The van der Waals surface area contributed by atoms with Gasteiger partial charge in [-0.3, -0.25) is 0 Å². The molecule has 5 nitrogen and oxygen atoms in total. The average molecular weight is 316 g/mol. The Morgan fingerprint density at radius 2 is 2.00 bits per heavy atom. The van der Waals surface area contributed by atoms with Crippen molar-refractivity contribution in [3.05, 3.63) is 53.9 Å². The minimum Gasteiger partial charge on any atom is -0.494 e. The molecule has 0 atom stereocenters. The van der Waals surface area contributed by atoms with E-state index >= 15 is 0 Å². The zero-order valence-electron chi connectivity index (χ0n) is 12.2. The first kappa shape index (κ1) is 14.9. The maximum absolute atomic E-state index is 13.5. The molecule has 0 spiro atoms. The van der Waals surface area contributed by atoms with Gasteiger partial charge in [-0.25, -0.2) is 9.18 Å². The van der Waals surface area contributed by atoms with Crippen LogP contribution in [0, 0.1) is 5.82 Å². The van der Waals surface area contributed by atoms with E-state index in [9.17, 15) is 9.18 Å². The summed E-state index contributed by atoms with van der Waals surface area (Å²) in [6, 6.07) is 9.22. The van der Waals surface area contributed by atoms with Crippen LogP contribution in [0.5, 0.6) is 23.0 Å². The quantitative estimate of drug-likeness (QED) is 0.492. The molecule has 1 heterocycles. The van der Waals surface area contributed by atoms with E-state index in [2.05, 4.69) is 0 Å². The Bertz CT molecular complexity index is 770. The number of methoxy groups -OCH3 is 1.